The van der Waals surface area contributed by atoms with Gasteiger partial charge in [0.05, 0.1) is 13.2 Å². The lowest BCUT2D eigenvalue weighted by atomic mass is 10.5. The van der Waals surface area contributed by atoms with Crippen molar-refractivity contribution in [1.82, 2.24) is 0 Å². The van der Waals surface area contributed by atoms with Crippen molar-refractivity contribution in [3.05, 3.63) is 0 Å². The van der Waals surface area contributed by atoms with Crippen LogP contribution >= 0.6 is 0 Å². The van der Waals surface area contributed by atoms with Gasteiger partial charge in [0.1, 0.15) is 6.10 Å². The van der Waals surface area contributed by atoms with Crippen molar-refractivity contribution in [2.24, 2.45) is 0 Å². The summed E-state index contributed by atoms with van der Waals surface area (Å²) in [5.74, 6) is 0. The van der Waals surface area contributed by atoms with Crippen molar-refractivity contribution in [1.29, 1.82) is 0 Å². The highest BCUT2D eigenvalue weighted by atomic mass is 32.2. The summed E-state index contributed by atoms with van der Waals surface area (Å²) >= 11 is 0. The zero-order valence-corrected chi connectivity index (χ0v) is 10.6. The molecule has 1 heterocycles. The molecule has 1 aliphatic heterocycles. The molecule has 0 aromatic carbocycles. The van der Waals surface area contributed by atoms with Gasteiger partial charge in [0.15, 0.2) is 0 Å². The van der Waals surface area contributed by atoms with Crippen LogP contribution in [0.1, 0.15) is 0 Å². The fraction of sp³-hybridized carbons (Fsp3) is 1.00. The molecule has 15 heteroatoms. The largest absolute Gasteiger partial charge is 0.523 e. The smallest absolute Gasteiger partial charge is 0.371 e. The summed E-state index contributed by atoms with van der Waals surface area (Å²) in [6.07, 6.45) is -0.512. The van der Waals surface area contributed by atoms with Crippen molar-refractivity contribution in [2.45, 2.75) is 17.1 Å². The molecule has 0 spiro atoms. The molecule has 1 fully saturated rings. The van der Waals surface area contributed by atoms with E-state index in [0.717, 1.165) is 0 Å². The number of ether oxygens (including phenoxy) is 1. The van der Waals surface area contributed by atoms with Crippen molar-refractivity contribution in [3.8, 4) is 0 Å². The monoisotopic (exact) mass is 356 g/mol. The average Bonchev–Trinajstić information content (AvgIpc) is 2.93. The van der Waals surface area contributed by atoms with Crippen molar-refractivity contribution in [3.63, 3.8) is 0 Å². The van der Waals surface area contributed by atoms with Gasteiger partial charge in [0.2, 0.25) is 0 Å². The Kier molecular flexibility index (Phi) is 5.81. The molecule has 0 bridgehead atoms. The third-order valence-corrected chi connectivity index (χ3v) is 2.99. The first kappa shape index (κ1) is 19.4. The van der Waals surface area contributed by atoms with Gasteiger partial charge in [-0.05, 0) is 0 Å². The van der Waals surface area contributed by atoms with Crippen molar-refractivity contribution in [2.75, 3.05) is 13.2 Å². The van der Waals surface area contributed by atoms with Crippen LogP contribution in [0.2, 0.25) is 0 Å². The fourth-order valence-corrected chi connectivity index (χ4v) is 0.861. The normalized spacial score (nSPS) is 20.1. The molecule has 1 saturated heterocycles. The predicted octanol–water partition coefficient (Wildman–Crippen LogP) is 0.645. The molecular weight excluding hydrogens is 350 g/mol. The number of epoxide rings is 1. The first-order chi connectivity index (χ1) is 8.58. The highest BCUT2D eigenvalue weighted by Gasteiger charge is 2.48. The Morgan fingerprint density at radius 1 is 1.05 bits per heavy atom. The van der Waals surface area contributed by atoms with Gasteiger partial charge in [0.25, 0.3) is 0 Å². The third-order valence-electron chi connectivity index (χ3n) is 1.39. The first-order valence-electron chi connectivity index (χ1n) is 4.19. The second-order valence-electron chi connectivity index (χ2n) is 3.06. The van der Waals surface area contributed by atoms with Gasteiger partial charge in [-0.25, -0.2) is 0 Å². The molecule has 1 rings (SSSR count). The molecule has 1 atom stereocenters. The Balaban J connectivity index is 0.000000396. The number of alkyl halides is 6. The minimum atomic E-state index is -5.84. The second kappa shape index (κ2) is 6.00. The standard InChI is InChI=1S/C4H5F3O4S.CHF3O3S/c5-4(6,7)12(8,9)11-2-3-1-10-3;2-1(3,4)8(5,6)7/h3H,1-2H2;(H,5,6,7). The molecule has 20 heavy (non-hydrogen) atoms. The molecule has 0 aromatic heterocycles. The molecule has 0 amide bonds. The maximum atomic E-state index is 11.6. The first-order valence-corrected chi connectivity index (χ1v) is 7.04. The molecule has 122 valence electrons. The van der Waals surface area contributed by atoms with Crippen LogP contribution in [0, 0.1) is 0 Å². The van der Waals surface area contributed by atoms with Crippen molar-refractivity contribution >= 4 is 20.2 Å². The van der Waals surface area contributed by atoms with Crippen LogP contribution in [-0.2, 0) is 29.2 Å². The number of hydrogen-bond acceptors (Lipinski definition) is 6. The molecule has 7 nitrogen and oxygen atoms in total. The van der Waals surface area contributed by atoms with E-state index in [1.165, 1.54) is 0 Å². The number of hydrogen-bond donors (Lipinski definition) is 1. The van der Waals surface area contributed by atoms with Crippen LogP contribution in [0.5, 0.6) is 0 Å². The van der Waals surface area contributed by atoms with Gasteiger partial charge < -0.3 is 4.74 Å². The molecule has 1 N–H and O–H groups in total. The van der Waals surface area contributed by atoms with E-state index >= 15 is 0 Å². The van der Waals surface area contributed by atoms with E-state index in [1.807, 2.05) is 0 Å². The lowest BCUT2D eigenvalue weighted by Gasteiger charge is -2.06. The van der Waals surface area contributed by atoms with E-state index in [2.05, 4.69) is 8.92 Å². The van der Waals surface area contributed by atoms with Crippen LogP contribution in [0.3, 0.4) is 0 Å². The van der Waals surface area contributed by atoms with E-state index in [1.54, 1.807) is 0 Å². The number of halogens is 6. The number of rotatable bonds is 3. The zero-order chi connectivity index (χ0) is 16.4. The van der Waals surface area contributed by atoms with Gasteiger partial charge in [-0.3, -0.25) is 8.74 Å². The van der Waals surface area contributed by atoms with E-state index in [9.17, 15) is 34.8 Å². The molecule has 1 aliphatic rings. The van der Waals surface area contributed by atoms with E-state index in [0.29, 0.717) is 0 Å². The highest BCUT2D eigenvalue weighted by molar-refractivity contribution is 7.87. The van der Waals surface area contributed by atoms with E-state index in [-0.39, 0.29) is 6.61 Å². The summed E-state index contributed by atoms with van der Waals surface area (Å²) < 4.78 is 121. The maximum Gasteiger partial charge on any atom is 0.523 e. The summed E-state index contributed by atoms with van der Waals surface area (Å²) in [5, 5.41) is 0. The maximum absolute atomic E-state index is 11.6. The summed E-state index contributed by atoms with van der Waals surface area (Å²) in [6.45, 7) is -0.324. The Labute approximate surface area is 108 Å². The lowest BCUT2D eigenvalue weighted by Crippen LogP contribution is -2.26. The van der Waals surface area contributed by atoms with Crippen LogP contribution in [-0.4, -0.2) is 51.7 Å². The molecule has 1 unspecified atom stereocenters. The van der Waals surface area contributed by atoms with E-state index < -0.39 is 44.0 Å². The summed E-state index contributed by atoms with van der Waals surface area (Å²) in [5.41, 5.74) is -10.9. The Morgan fingerprint density at radius 2 is 1.40 bits per heavy atom. The molecule has 0 aromatic rings. The molecular formula is C5H6F6O7S2. The van der Waals surface area contributed by atoms with Crippen LogP contribution in [0.15, 0.2) is 0 Å². The van der Waals surface area contributed by atoms with Gasteiger partial charge in [-0.15, -0.1) is 0 Å². The quantitative estimate of drug-likeness (QED) is 0.260. The van der Waals surface area contributed by atoms with Gasteiger partial charge in [-0.1, -0.05) is 0 Å². The minimum absolute atomic E-state index is 0.243. The summed E-state index contributed by atoms with van der Waals surface area (Å²) in [6, 6.07) is 0. The summed E-state index contributed by atoms with van der Waals surface area (Å²) in [4.78, 5) is 0. The van der Waals surface area contributed by atoms with Gasteiger partial charge in [0, 0.05) is 0 Å². The second-order valence-corrected chi connectivity index (χ2v) is 6.08. The fourth-order valence-electron chi connectivity index (χ4n) is 0.397. The predicted molar refractivity (Wildman–Crippen MR) is 48.3 cm³/mol. The minimum Gasteiger partial charge on any atom is -0.371 e. The topological polar surface area (TPSA) is 110 Å². The van der Waals surface area contributed by atoms with E-state index in [4.69, 9.17) is 13.0 Å². The Morgan fingerprint density at radius 3 is 1.60 bits per heavy atom. The molecule has 0 radical (unpaired) electrons. The molecule has 0 aliphatic carbocycles. The van der Waals surface area contributed by atoms with Gasteiger partial charge >= 0.3 is 31.3 Å². The van der Waals surface area contributed by atoms with Crippen LogP contribution in [0.4, 0.5) is 26.3 Å². The van der Waals surface area contributed by atoms with Crippen LogP contribution in [0.25, 0.3) is 0 Å². The average molecular weight is 356 g/mol. The zero-order valence-electron chi connectivity index (χ0n) is 8.97. The van der Waals surface area contributed by atoms with Crippen LogP contribution < -0.4 is 0 Å². The SMILES string of the molecule is O=S(=O)(O)C(F)(F)F.O=S(=O)(OCC1CO1)C(F)(F)F. The molecule has 0 saturated carbocycles. The Bertz CT molecular complexity index is 513. The summed E-state index contributed by atoms with van der Waals surface area (Å²) in [7, 11) is -11.3. The van der Waals surface area contributed by atoms with Crippen molar-refractivity contribution < 1.29 is 56.7 Å². The highest BCUT2D eigenvalue weighted by Crippen LogP contribution is 2.25. The Hall–Kier alpha value is -0.640. The van der Waals surface area contributed by atoms with Gasteiger partial charge in [-0.2, -0.15) is 43.2 Å². The third kappa shape index (κ3) is 6.69. The lowest BCUT2D eigenvalue weighted by molar-refractivity contribution is -0.0545.